The lowest BCUT2D eigenvalue weighted by atomic mass is 9.85. The molecular formula is C16H20N6O3. The Morgan fingerprint density at radius 3 is 2.60 bits per heavy atom. The first-order chi connectivity index (χ1) is 12.1. The lowest BCUT2D eigenvalue weighted by molar-refractivity contribution is -0.139. The lowest BCUT2D eigenvalue weighted by Gasteiger charge is -2.42. The normalized spacial score (nSPS) is 19.4. The molecule has 0 spiro atoms. The van der Waals surface area contributed by atoms with E-state index in [0.717, 1.165) is 18.5 Å². The largest absolute Gasteiger partial charge is 0.480 e. The van der Waals surface area contributed by atoms with Crippen molar-refractivity contribution in [2.75, 3.05) is 13.1 Å². The van der Waals surface area contributed by atoms with Crippen LogP contribution in [0.5, 0.6) is 0 Å². The summed E-state index contributed by atoms with van der Waals surface area (Å²) >= 11 is 0. The predicted molar refractivity (Wildman–Crippen MR) is 88.3 cm³/mol. The maximum absolute atomic E-state index is 12.3. The third-order valence-corrected chi connectivity index (χ3v) is 4.45. The van der Waals surface area contributed by atoms with Gasteiger partial charge in [0.1, 0.15) is 6.33 Å². The average Bonchev–Trinajstić information content (AvgIpc) is 3.10. The lowest BCUT2D eigenvalue weighted by Crippen LogP contribution is -2.54. The van der Waals surface area contributed by atoms with Crippen LogP contribution < -0.4 is 5.32 Å². The fourth-order valence-corrected chi connectivity index (χ4v) is 2.99. The highest BCUT2D eigenvalue weighted by Crippen LogP contribution is 2.25. The van der Waals surface area contributed by atoms with Crippen LogP contribution >= 0.6 is 0 Å². The number of benzene rings is 1. The van der Waals surface area contributed by atoms with E-state index >= 15 is 0 Å². The minimum atomic E-state index is -0.822. The number of aromatic nitrogens is 4. The predicted octanol–water partition coefficient (Wildman–Crippen LogP) is 0.330. The average molecular weight is 344 g/mol. The molecule has 0 bridgehead atoms. The van der Waals surface area contributed by atoms with Gasteiger partial charge in [0.2, 0.25) is 0 Å². The first-order valence-electron chi connectivity index (χ1n) is 8.17. The zero-order valence-electron chi connectivity index (χ0n) is 13.9. The zero-order chi connectivity index (χ0) is 17.8. The van der Waals surface area contributed by atoms with Gasteiger partial charge in [0.15, 0.2) is 0 Å². The Labute approximate surface area is 144 Å². The van der Waals surface area contributed by atoms with Crippen LogP contribution in [0.15, 0.2) is 30.6 Å². The van der Waals surface area contributed by atoms with Crippen LogP contribution in [0, 0.1) is 0 Å². The Kier molecular flexibility index (Phi) is 5.03. The van der Waals surface area contributed by atoms with Gasteiger partial charge in [0.05, 0.1) is 12.2 Å². The second-order valence-electron chi connectivity index (χ2n) is 6.05. The maximum atomic E-state index is 12.3. The SMILES string of the molecule is CCN(CC(=O)O)C1CC(NC(=O)c2ccc(-n3cnnn3)cc2)C1. The van der Waals surface area contributed by atoms with Gasteiger partial charge in [-0.05, 0) is 54.1 Å². The summed E-state index contributed by atoms with van der Waals surface area (Å²) in [5, 5.41) is 22.8. The summed E-state index contributed by atoms with van der Waals surface area (Å²) in [4.78, 5) is 25.1. The number of likely N-dealkylation sites (N-methyl/N-ethyl adjacent to an activating group) is 1. The van der Waals surface area contributed by atoms with Gasteiger partial charge in [-0.25, -0.2) is 4.68 Å². The van der Waals surface area contributed by atoms with Crippen LogP contribution in [0.3, 0.4) is 0 Å². The van der Waals surface area contributed by atoms with Gasteiger partial charge >= 0.3 is 5.97 Å². The molecule has 1 aromatic carbocycles. The second-order valence-corrected chi connectivity index (χ2v) is 6.05. The van der Waals surface area contributed by atoms with Crippen LogP contribution in [0.25, 0.3) is 5.69 Å². The number of carboxylic acid groups (broad SMARTS) is 1. The molecule has 1 fully saturated rings. The molecule has 1 aliphatic rings. The standard InChI is InChI=1S/C16H20N6O3/c1-2-21(9-15(23)24)14-7-12(8-14)18-16(25)11-3-5-13(6-4-11)22-10-17-19-20-22/h3-6,10,12,14H,2,7-9H2,1H3,(H,18,25)(H,23,24). The first-order valence-corrected chi connectivity index (χ1v) is 8.17. The quantitative estimate of drug-likeness (QED) is 0.744. The summed E-state index contributed by atoms with van der Waals surface area (Å²) in [6, 6.07) is 7.31. The van der Waals surface area contributed by atoms with E-state index < -0.39 is 5.97 Å². The number of nitrogens with zero attached hydrogens (tertiary/aromatic N) is 5. The summed E-state index contributed by atoms with van der Waals surface area (Å²) < 4.78 is 1.51. The van der Waals surface area contributed by atoms with Crippen molar-refractivity contribution in [3.8, 4) is 5.69 Å². The van der Waals surface area contributed by atoms with E-state index in [1.807, 2.05) is 11.8 Å². The van der Waals surface area contributed by atoms with Gasteiger partial charge in [-0.3, -0.25) is 14.5 Å². The molecule has 1 aliphatic carbocycles. The number of aliphatic carboxylic acids is 1. The topological polar surface area (TPSA) is 113 Å². The van der Waals surface area contributed by atoms with Crippen LogP contribution in [-0.4, -0.2) is 67.3 Å². The molecule has 0 radical (unpaired) electrons. The van der Waals surface area contributed by atoms with Crippen molar-refractivity contribution in [3.63, 3.8) is 0 Å². The maximum Gasteiger partial charge on any atom is 0.317 e. The minimum absolute atomic E-state index is 0.0421. The Balaban J connectivity index is 1.51. The number of hydrogen-bond acceptors (Lipinski definition) is 6. The van der Waals surface area contributed by atoms with E-state index in [1.165, 1.54) is 11.0 Å². The number of carboxylic acids is 1. The van der Waals surface area contributed by atoms with E-state index in [4.69, 9.17) is 5.11 Å². The molecule has 0 aliphatic heterocycles. The van der Waals surface area contributed by atoms with Crippen LogP contribution in [0.4, 0.5) is 0 Å². The van der Waals surface area contributed by atoms with E-state index in [1.54, 1.807) is 24.3 Å². The van der Waals surface area contributed by atoms with Gasteiger partial charge in [0.25, 0.3) is 5.91 Å². The van der Waals surface area contributed by atoms with Crippen LogP contribution in [0.1, 0.15) is 30.1 Å². The molecule has 9 nitrogen and oxygen atoms in total. The summed E-state index contributed by atoms with van der Waals surface area (Å²) in [5.74, 6) is -0.954. The van der Waals surface area contributed by atoms with E-state index in [-0.39, 0.29) is 24.5 Å². The molecule has 3 rings (SSSR count). The van der Waals surface area contributed by atoms with Gasteiger partial charge < -0.3 is 10.4 Å². The Morgan fingerprint density at radius 2 is 2.04 bits per heavy atom. The highest BCUT2D eigenvalue weighted by Gasteiger charge is 2.34. The molecule has 2 aromatic rings. The van der Waals surface area contributed by atoms with E-state index in [0.29, 0.717) is 12.1 Å². The summed E-state index contributed by atoms with van der Waals surface area (Å²) in [6.07, 6.45) is 3.03. The van der Waals surface area contributed by atoms with Crippen molar-refractivity contribution in [3.05, 3.63) is 36.2 Å². The smallest absolute Gasteiger partial charge is 0.317 e. The third kappa shape index (κ3) is 4.00. The van der Waals surface area contributed by atoms with Gasteiger partial charge in [-0.1, -0.05) is 6.92 Å². The summed E-state index contributed by atoms with van der Waals surface area (Å²) in [5.41, 5.74) is 1.34. The molecular weight excluding hydrogens is 324 g/mol. The van der Waals surface area contributed by atoms with Crippen molar-refractivity contribution >= 4 is 11.9 Å². The number of amides is 1. The number of nitrogens with one attached hydrogen (secondary N) is 1. The number of tetrazole rings is 1. The molecule has 132 valence electrons. The fraction of sp³-hybridized carbons (Fsp3) is 0.438. The summed E-state index contributed by atoms with van der Waals surface area (Å²) in [7, 11) is 0. The monoisotopic (exact) mass is 344 g/mol. The zero-order valence-corrected chi connectivity index (χ0v) is 13.9. The molecule has 2 N–H and O–H groups in total. The Hall–Kier alpha value is -2.81. The third-order valence-electron chi connectivity index (χ3n) is 4.45. The number of carbonyl (C=O) groups is 2. The molecule has 1 aromatic heterocycles. The van der Waals surface area contributed by atoms with Crippen molar-refractivity contribution in [2.45, 2.75) is 31.8 Å². The molecule has 0 unspecified atom stereocenters. The van der Waals surface area contributed by atoms with Crippen molar-refractivity contribution < 1.29 is 14.7 Å². The molecule has 1 amide bonds. The van der Waals surface area contributed by atoms with Crippen LogP contribution in [0.2, 0.25) is 0 Å². The number of rotatable bonds is 7. The number of hydrogen-bond donors (Lipinski definition) is 2. The first kappa shape index (κ1) is 17.0. The molecule has 1 heterocycles. The van der Waals surface area contributed by atoms with Crippen LogP contribution in [-0.2, 0) is 4.79 Å². The van der Waals surface area contributed by atoms with Crippen molar-refractivity contribution in [1.82, 2.24) is 30.4 Å². The van der Waals surface area contributed by atoms with Gasteiger partial charge in [0, 0.05) is 17.6 Å². The van der Waals surface area contributed by atoms with Gasteiger partial charge in [-0.2, -0.15) is 0 Å². The van der Waals surface area contributed by atoms with E-state index in [9.17, 15) is 9.59 Å². The minimum Gasteiger partial charge on any atom is -0.480 e. The Morgan fingerprint density at radius 1 is 1.32 bits per heavy atom. The van der Waals surface area contributed by atoms with Crippen molar-refractivity contribution in [2.24, 2.45) is 0 Å². The molecule has 0 saturated heterocycles. The van der Waals surface area contributed by atoms with E-state index in [2.05, 4.69) is 20.8 Å². The van der Waals surface area contributed by atoms with Crippen molar-refractivity contribution in [1.29, 1.82) is 0 Å². The molecule has 1 saturated carbocycles. The fourth-order valence-electron chi connectivity index (χ4n) is 2.99. The van der Waals surface area contributed by atoms with Gasteiger partial charge in [-0.15, -0.1) is 5.10 Å². The highest BCUT2D eigenvalue weighted by atomic mass is 16.4. The molecule has 0 atom stereocenters. The number of carbonyl (C=O) groups excluding carboxylic acids is 1. The summed E-state index contributed by atoms with van der Waals surface area (Å²) in [6.45, 7) is 2.68. The highest BCUT2D eigenvalue weighted by molar-refractivity contribution is 5.94. The molecule has 9 heteroatoms. The second kappa shape index (κ2) is 7.39. The Bertz CT molecular complexity index is 725. The molecule has 25 heavy (non-hydrogen) atoms.